The number of thiazole rings is 1. The molecule has 0 bridgehead atoms. The fourth-order valence-corrected chi connectivity index (χ4v) is 5.13. The minimum Gasteiger partial charge on any atom is -0.459 e. The lowest BCUT2D eigenvalue weighted by Crippen LogP contribution is -2.27. The number of esters is 1. The maximum Gasteiger partial charge on any atom is 0.307 e. The molecule has 0 aliphatic rings. The molecule has 0 fully saturated rings. The van der Waals surface area contributed by atoms with Gasteiger partial charge in [0, 0.05) is 11.9 Å². The molecule has 10 heteroatoms. The molecule has 0 saturated heterocycles. The maximum absolute atomic E-state index is 12.3. The second kappa shape index (κ2) is 9.66. The first kappa shape index (κ1) is 21.1. The highest BCUT2D eigenvalue weighted by atomic mass is 35.5. The molecule has 0 spiro atoms. The first-order chi connectivity index (χ1) is 12.3. The van der Waals surface area contributed by atoms with Gasteiger partial charge >= 0.3 is 5.97 Å². The second-order valence-electron chi connectivity index (χ2n) is 5.34. The molecule has 2 aromatic rings. The molecule has 26 heavy (non-hydrogen) atoms. The van der Waals surface area contributed by atoms with Gasteiger partial charge in [-0.05, 0) is 25.0 Å². The lowest BCUT2D eigenvalue weighted by Gasteiger charge is -2.09. The molecule has 0 amide bonds. The fourth-order valence-electron chi connectivity index (χ4n) is 2.07. The number of nitrogens with one attached hydrogen (secondary N) is 1. The smallest absolute Gasteiger partial charge is 0.307 e. The number of benzene rings is 1. The molecule has 2 rings (SSSR count). The lowest BCUT2D eigenvalue weighted by molar-refractivity contribution is -0.144. The quantitative estimate of drug-likeness (QED) is 0.603. The van der Waals surface area contributed by atoms with E-state index in [0.717, 1.165) is 17.8 Å². The van der Waals surface area contributed by atoms with Crippen LogP contribution in [0.1, 0.15) is 30.5 Å². The second-order valence-corrected chi connectivity index (χ2v) is 8.80. The molecule has 0 atom stereocenters. The molecule has 0 saturated carbocycles. The molecular formula is C16H18Cl2N2O4S2. The van der Waals surface area contributed by atoms with Crippen molar-refractivity contribution in [3.05, 3.63) is 44.3 Å². The van der Waals surface area contributed by atoms with Crippen molar-refractivity contribution in [2.24, 2.45) is 0 Å². The van der Waals surface area contributed by atoms with Crippen LogP contribution in [0.2, 0.25) is 10.0 Å². The van der Waals surface area contributed by atoms with E-state index in [9.17, 15) is 13.2 Å². The number of ether oxygens (including phenoxy) is 1. The fraction of sp³-hybridized carbons (Fsp3) is 0.375. The van der Waals surface area contributed by atoms with E-state index in [0.29, 0.717) is 5.69 Å². The standard InChI is InChI=1S/C16H18Cl2N2O4S2/c1-2-4-14-20-11(10-25-14)9-24-15(21)7-8-19-26(22,23)16-12(17)5-3-6-13(16)18/h3,5-6,10,19H,2,4,7-9H2,1H3. The van der Waals surface area contributed by atoms with E-state index in [-0.39, 0.29) is 34.5 Å². The zero-order valence-corrected chi connectivity index (χ0v) is 17.1. The summed E-state index contributed by atoms with van der Waals surface area (Å²) in [7, 11) is -3.92. The third kappa shape index (κ3) is 5.92. The highest BCUT2D eigenvalue weighted by Crippen LogP contribution is 2.28. The van der Waals surface area contributed by atoms with Crippen molar-refractivity contribution < 1.29 is 17.9 Å². The number of aryl methyl sites for hydroxylation is 1. The summed E-state index contributed by atoms with van der Waals surface area (Å²) in [4.78, 5) is 15.9. The zero-order valence-electron chi connectivity index (χ0n) is 14.0. The predicted octanol–water partition coefficient (Wildman–Crippen LogP) is 3.81. The van der Waals surface area contributed by atoms with Gasteiger partial charge in [0.05, 0.1) is 27.2 Å². The maximum atomic E-state index is 12.3. The summed E-state index contributed by atoms with van der Waals surface area (Å²) >= 11 is 13.3. The van der Waals surface area contributed by atoms with Gasteiger partial charge in [0.1, 0.15) is 11.5 Å². The van der Waals surface area contributed by atoms with Gasteiger partial charge in [0.2, 0.25) is 10.0 Å². The number of nitrogens with zero attached hydrogens (tertiary/aromatic N) is 1. The number of hydrogen-bond donors (Lipinski definition) is 1. The number of rotatable bonds is 9. The number of hydrogen-bond acceptors (Lipinski definition) is 6. The summed E-state index contributed by atoms with van der Waals surface area (Å²) < 4.78 is 31.9. The van der Waals surface area contributed by atoms with Gasteiger partial charge < -0.3 is 4.74 Å². The van der Waals surface area contributed by atoms with Crippen molar-refractivity contribution in [1.82, 2.24) is 9.71 Å². The number of sulfonamides is 1. The Bertz CT molecular complexity index is 849. The van der Waals surface area contributed by atoms with Crippen molar-refractivity contribution in [2.75, 3.05) is 6.54 Å². The van der Waals surface area contributed by atoms with Gasteiger partial charge in [-0.15, -0.1) is 11.3 Å². The molecule has 0 unspecified atom stereocenters. The summed E-state index contributed by atoms with van der Waals surface area (Å²) in [5.74, 6) is -0.525. The van der Waals surface area contributed by atoms with Crippen molar-refractivity contribution in [3.8, 4) is 0 Å². The van der Waals surface area contributed by atoms with Crippen LogP contribution in [-0.2, 0) is 32.6 Å². The van der Waals surface area contributed by atoms with Crippen LogP contribution in [0.3, 0.4) is 0 Å². The molecule has 0 aliphatic heterocycles. The Morgan fingerprint density at radius 3 is 2.65 bits per heavy atom. The Morgan fingerprint density at radius 2 is 2.00 bits per heavy atom. The average molecular weight is 437 g/mol. The minimum atomic E-state index is -3.92. The van der Waals surface area contributed by atoms with Gasteiger partial charge in [-0.1, -0.05) is 36.2 Å². The highest BCUT2D eigenvalue weighted by Gasteiger charge is 2.21. The van der Waals surface area contributed by atoms with Crippen LogP contribution in [-0.4, -0.2) is 25.9 Å². The zero-order chi connectivity index (χ0) is 19.2. The highest BCUT2D eigenvalue weighted by molar-refractivity contribution is 7.89. The first-order valence-electron chi connectivity index (χ1n) is 7.86. The van der Waals surface area contributed by atoms with Gasteiger partial charge in [-0.25, -0.2) is 18.1 Å². The van der Waals surface area contributed by atoms with Crippen molar-refractivity contribution in [3.63, 3.8) is 0 Å². The number of halogens is 2. The molecule has 0 radical (unpaired) electrons. The van der Waals surface area contributed by atoms with Gasteiger partial charge in [0.25, 0.3) is 0 Å². The molecule has 1 aromatic carbocycles. The van der Waals surface area contributed by atoms with E-state index >= 15 is 0 Å². The molecule has 1 heterocycles. The van der Waals surface area contributed by atoms with Gasteiger partial charge in [-0.3, -0.25) is 4.79 Å². The van der Waals surface area contributed by atoms with Crippen LogP contribution in [0.25, 0.3) is 0 Å². The topological polar surface area (TPSA) is 85.4 Å². The largest absolute Gasteiger partial charge is 0.459 e. The molecule has 6 nitrogen and oxygen atoms in total. The minimum absolute atomic E-state index is 0.0130. The SMILES string of the molecule is CCCc1nc(COC(=O)CCNS(=O)(=O)c2c(Cl)cccc2Cl)cs1. The number of carbonyl (C=O) groups is 1. The average Bonchev–Trinajstić information content (AvgIpc) is 3.00. The molecular weight excluding hydrogens is 419 g/mol. The van der Waals surface area contributed by atoms with E-state index < -0.39 is 16.0 Å². The van der Waals surface area contributed by atoms with Crippen LogP contribution in [0.15, 0.2) is 28.5 Å². The van der Waals surface area contributed by atoms with E-state index in [1.54, 1.807) is 6.07 Å². The van der Waals surface area contributed by atoms with E-state index in [4.69, 9.17) is 27.9 Å². The van der Waals surface area contributed by atoms with Crippen molar-refractivity contribution in [1.29, 1.82) is 0 Å². The summed E-state index contributed by atoms with van der Waals surface area (Å²) in [6, 6.07) is 4.40. The Hall–Kier alpha value is -1.19. The Labute approximate surface area is 166 Å². The third-order valence-corrected chi connectivity index (χ3v) is 6.63. The van der Waals surface area contributed by atoms with Crippen molar-refractivity contribution in [2.45, 2.75) is 37.7 Å². The lowest BCUT2D eigenvalue weighted by atomic mass is 10.3. The summed E-state index contributed by atoms with van der Waals surface area (Å²) in [5.41, 5.74) is 0.690. The third-order valence-electron chi connectivity index (χ3n) is 3.25. The van der Waals surface area contributed by atoms with E-state index in [2.05, 4.69) is 16.6 Å². The van der Waals surface area contributed by atoms with Crippen LogP contribution >= 0.6 is 34.5 Å². The molecule has 0 aliphatic carbocycles. The van der Waals surface area contributed by atoms with E-state index in [1.807, 2.05) is 5.38 Å². The predicted molar refractivity (Wildman–Crippen MR) is 102 cm³/mol. The first-order valence-corrected chi connectivity index (χ1v) is 11.0. The van der Waals surface area contributed by atoms with Crippen LogP contribution in [0, 0.1) is 0 Å². The van der Waals surface area contributed by atoms with Gasteiger partial charge in [0.15, 0.2) is 0 Å². The van der Waals surface area contributed by atoms with Crippen molar-refractivity contribution >= 4 is 50.5 Å². The summed E-state index contributed by atoms with van der Waals surface area (Å²) in [6.07, 6.45) is 1.78. The Morgan fingerprint density at radius 1 is 1.31 bits per heavy atom. The van der Waals surface area contributed by atoms with Crippen LogP contribution < -0.4 is 4.72 Å². The molecule has 142 valence electrons. The number of carbonyl (C=O) groups excluding carboxylic acids is 1. The summed E-state index contributed by atoms with van der Waals surface area (Å²) in [6.45, 7) is 2.01. The normalized spacial score (nSPS) is 11.5. The van der Waals surface area contributed by atoms with Crippen LogP contribution in [0.4, 0.5) is 0 Å². The van der Waals surface area contributed by atoms with E-state index in [1.165, 1.54) is 23.5 Å². The van der Waals surface area contributed by atoms with Crippen LogP contribution in [0.5, 0.6) is 0 Å². The molecule has 1 aromatic heterocycles. The number of aromatic nitrogens is 1. The summed E-state index contributed by atoms with van der Waals surface area (Å²) in [5, 5.41) is 2.88. The van der Waals surface area contributed by atoms with Gasteiger partial charge in [-0.2, -0.15) is 0 Å². The molecule has 1 N–H and O–H groups in total. The Balaban J connectivity index is 1.82. The monoisotopic (exact) mass is 436 g/mol. The Kier molecular flexibility index (Phi) is 7.85.